The highest BCUT2D eigenvalue weighted by molar-refractivity contribution is 7.92. The zero-order valence-electron chi connectivity index (χ0n) is 23.5. The van der Waals surface area contributed by atoms with E-state index in [1.807, 2.05) is 6.92 Å². The van der Waals surface area contributed by atoms with Gasteiger partial charge in [0.15, 0.2) is 0 Å². The Hall–Kier alpha value is -4.67. The second kappa shape index (κ2) is 13.5. The second-order valence-electron chi connectivity index (χ2n) is 9.71. The minimum atomic E-state index is -3.92. The van der Waals surface area contributed by atoms with Crippen molar-refractivity contribution in [1.82, 2.24) is 0 Å². The largest absolute Gasteiger partial charge is 0.478 e. The van der Waals surface area contributed by atoms with Crippen molar-refractivity contribution < 1.29 is 27.9 Å². The molecule has 0 atom stereocenters. The van der Waals surface area contributed by atoms with Gasteiger partial charge in [0.05, 0.1) is 16.1 Å². The summed E-state index contributed by atoms with van der Waals surface area (Å²) in [5.41, 5.74) is 1.60. The maximum atomic E-state index is 13.3. The van der Waals surface area contributed by atoms with Crippen molar-refractivity contribution in [3.63, 3.8) is 0 Å². The molecule has 0 spiro atoms. The monoisotopic (exact) mass is 619 g/mol. The van der Waals surface area contributed by atoms with Crippen LogP contribution in [0.15, 0.2) is 95.9 Å². The summed E-state index contributed by atoms with van der Waals surface area (Å²) in [6.07, 6.45) is 1.47. The zero-order valence-corrected chi connectivity index (χ0v) is 25.1. The molecule has 0 saturated heterocycles. The van der Waals surface area contributed by atoms with Crippen molar-refractivity contribution in [1.29, 1.82) is 0 Å². The number of hydrogen-bond acceptors (Lipinski definition) is 5. The molecule has 222 valence electrons. The lowest BCUT2D eigenvalue weighted by molar-refractivity contribution is 0.0697. The first kappa shape index (κ1) is 31.3. The summed E-state index contributed by atoms with van der Waals surface area (Å²) in [4.78, 5) is 40.0. The molecule has 4 aromatic rings. The van der Waals surface area contributed by atoms with E-state index in [2.05, 4.69) is 10.0 Å². The Bertz CT molecular complexity index is 1760. The van der Waals surface area contributed by atoms with Gasteiger partial charge in [0, 0.05) is 34.1 Å². The topological polar surface area (TPSA) is 133 Å². The molecular weight excluding hydrogens is 590 g/mol. The number of sulfonamides is 1. The number of benzene rings is 4. The maximum Gasteiger partial charge on any atom is 0.337 e. The number of nitrogens with one attached hydrogen (secondary N) is 2. The Morgan fingerprint density at radius 1 is 0.860 bits per heavy atom. The molecule has 4 aromatic carbocycles. The minimum absolute atomic E-state index is 0.0400. The van der Waals surface area contributed by atoms with Gasteiger partial charge in [0.25, 0.3) is 21.8 Å². The van der Waals surface area contributed by atoms with E-state index < -0.39 is 21.9 Å². The van der Waals surface area contributed by atoms with Gasteiger partial charge in [0.1, 0.15) is 0 Å². The van der Waals surface area contributed by atoms with Crippen molar-refractivity contribution in [3.05, 3.63) is 118 Å². The third-order valence-electron chi connectivity index (χ3n) is 6.68. The van der Waals surface area contributed by atoms with Gasteiger partial charge in [-0.25, -0.2) is 13.2 Å². The van der Waals surface area contributed by atoms with Crippen molar-refractivity contribution >= 4 is 56.5 Å². The molecule has 0 aliphatic heterocycles. The summed E-state index contributed by atoms with van der Waals surface area (Å²) in [6.45, 7) is 3.91. The Kier molecular flexibility index (Phi) is 9.84. The van der Waals surface area contributed by atoms with E-state index in [1.54, 1.807) is 49.4 Å². The van der Waals surface area contributed by atoms with E-state index in [1.165, 1.54) is 53.4 Å². The fourth-order valence-corrected chi connectivity index (χ4v) is 5.94. The van der Waals surface area contributed by atoms with Crippen LogP contribution in [-0.2, 0) is 10.0 Å². The minimum Gasteiger partial charge on any atom is -0.478 e. The molecule has 0 bridgehead atoms. The van der Waals surface area contributed by atoms with Gasteiger partial charge in [-0.15, -0.1) is 0 Å². The molecule has 0 aliphatic rings. The van der Waals surface area contributed by atoms with Gasteiger partial charge in [-0.1, -0.05) is 49.2 Å². The Labute approximate surface area is 255 Å². The number of carbonyl (C=O) groups is 3. The normalized spacial score (nSPS) is 11.0. The number of anilines is 3. The summed E-state index contributed by atoms with van der Waals surface area (Å²) < 4.78 is 28.2. The fourth-order valence-electron chi connectivity index (χ4n) is 4.39. The first-order valence-electron chi connectivity index (χ1n) is 13.5. The van der Waals surface area contributed by atoms with Crippen LogP contribution in [0, 0.1) is 6.92 Å². The molecule has 0 radical (unpaired) electrons. The lowest BCUT2D eigenvalue weighted by Crippen LogP contribution is -2.33. The number of rotatable bonds is 11. The number of hydrogen-bond donors (Lipinski definition) is 3. The molecule has 2 amide bonds. The molecule has 3 N–H and O–H groups in total. The number of amides is 2. The summed E-state index contributed by atoms with van der Waals surface area (Å²) in [6, 6.07) is 23.3. The number of aromatic carboxylic acids is 1. The van der Waals surface area contributed by atoms with E-state index in [0.717, 1.165) is 6.42 Å². The van der Waals surface area contributed by atoms with Crippen molar-refractivity contribution in [2.24, 2.45) is 0 Å². The Balaban J connectivity index is 1.53. The molecular formula is C32H30ClN3O6S. The summed E-state index contributed by atoms with van der Waals surface area (Å²) >= 11 is 6.07. The predicted octanol–water partition coefficient (Wildman–Crippen LogP) is 6.85. The number of halogens is 1. The predicted molar refractivity (Wildman–Crippen MR) is 168 cm³/mol. The Morgan fingerprint density at radius 3 is 2.19 bits per heavy atom. The van der Waals surface area contributed by atoms with Gasteiger partial charge in [-0.3, -0.25) is 14.3 Å². The van der Waals surface area contributed by atoms with E-state index in [-0.39, 0.29) is 39.0 Å². The molecule has 0 aliphatic carbocycles. The van der Waals surface area contributed by atoms with Crippen LogP contribution in [0.4, 0.5) is 17.1 Å². The lowest BCUT2D eigenvalue weighted by Gasteiger charge is -2.25. The van der Waals surface area contributed by atoms with Crippen LogP contribution in [0.3, 0.4) is 0 Å². The zero-order chi connectivity index (χ0) is 31.1. The average molecular weight is 620 g/mol. The SMILES string of the molecule is CCCCN(C(=O)c1ccccc1)c1ccc(NC(=O)c2ccc(NS(=O)(=O)c3cccc(Cl)c3C)cc2)cc1C(=O)O. The van der Waals surface area contributed by atoms with Crippen LogP contribution < -0.4 is 14.9 Å². The van der Waals surface area contributed by atoms with Gasteiger partial charge in [-0.2, -0.15) is 0 Å². The van der Waals surface area contributed by atoms with Crippen molar-refractivity contribution in [3.8, 4) is 0 Å². The van der Waals surface area contributed by atoms with Gasteiger partial charge >= 0.3 is 5.97 Å². The Morgan fingerprint density at radius 2 is 1.53 bits per heavy atom. The first-order chi connectivity index (χ1) is 20.5. The quantitative estimate of drug-likeness (QED) is 0.168. The second-order valence-corrected chi connectivity index (χ2v) is 11.8. The van der Waals surface area contributed by atoms with Crippen LogP contribution in [0.25, 0.3) is 0 Å². The number of unbranched alkanes of at least 4 members (excludes halogenated alkanes) is 1. The van der Waals surface area contributed by atoms with Crippen LogP contribution in [0.1, 0.15) is 56.4 Å². The standard InChI is InChI=1S/C32H30ClN3O6S/c1-3-4-19-36(31(38)23-9-6-5-7-10-23)28-18-17-25(20-26(28)32(39)40)34-30(37)22-13-15-24(16-14-22)35-43(41,42)29-12-8-11-27(33)21(29)2/h5-18,20,35H,3-4,19H2,1-2H3,(H,34,37)(H,39,40). The molecule has 0 heterocycles. The molecule has 0 saturated carbocycles. The summed E-state index contributed by atoms with van der Waals surface area (Å²) in [5.74, 6) is -2.11. The third kappa shape index (κ3) is 7.40. The van der Waals surface area contributed by atoms with E-state index >= 15 is 0 Å². The van der Waals surface area contributed by atoms with Crippen molar-refractivity contribution in [2.45, 2.75) is 31.6 Å². The smallest absolute Gasteiger partial charge is 0.337 e. The molecule has 4 rings (SSSR count). The van der Waals surface area contributed by atoms with Crippen LogP contribution >= 0.6 is 11.6 Å². The summed E-state index contributed by atoms with van der Waals surface area (Å²) in [7, 11) is -3.92. The lowest BCUT2D eigenvalue weighted by atomic mass is 10.1. The maximum absolute atomic E-state index is 13.3. The average Bonchev–Trinajstić information content (AvgIpc) is 2.99. The van der Waals surface area contributed by atoms with Crippen LogP contribution in [0.2, 0.25) is 5.02 Å². The highest BCUT2D eigenvalue weighted by Crippen LogP contribution is 2.28. The number of carbonyl (C=O) groups excluding carboxylic acids is 2. The van der Waals surface area contributed by atoms with Crippen LogP contribution in [-0.4, -0.2) is 37.9 Å². The van der Waals surface area contributed by atoms with E-state index in [4.69, 9.17) is 11.6 Å². The highest BCUT2D eigenvalue weighted by atomic mass is 35.5. The summed E-state index contributed by atoms with van der Waals surface area (Å²) in [5, 5.41) is 13.0. The molecule has 0 aromatic heterocycles. The highest BCUT2D eigenvalue weighted by Gasteiger charge is 2.24. The van der Waals surface area contributed by atoms with E-state index in [0.29, 0.717) is 29.1 Å². The third-order valence-corrected chi connectivity index (χ3v) is 8.62. The molecule has 0 unspecified atom stereocenters. The van der Waals surface area contributed by atoms with Gasteiger partial charge < -0.3 is 15.3 Å². The van der Waals surface area contributed by atoms with Crippen molar-refractivity contribution in [2.75, 3.05) is 21.5 Å². The van der Waals surface area contributed by atoms with Gasteiger partial charge in [-0.05, 0) is 85.6 Å². The number of nitrogens with zero attached hydrogens (tertiary/aromatic N) is 1. The fraction of sp³-hybridized carbons (Fsp3) is 0.156. The molecule has 0 fully saturated rings. The van der Waals surface area contributed by atoms with E-state index in [9.17, 15) is 27.9 Å². The molecule has 43 heavy (non-hydrogen) atoms. The first-order valence-corrected chi connectivity index (χ1v) is 15.3. The number of carboxylic acids is 1. The number of carboxylic acid groups (broad SMARTS) is 1. The van der Waals surface area contributed by atoms with Gasteiger partial charge in [0.2, 0.25) is 0 Å². The molecule has 11 heteroatoms. The van der Waals surface area contributed by atoms with Crippen LogP contribution in [0.5, 0.6) is 0 Å². The molecule has 9 nitrogen and oxygen atoms in total.